The predicted octanol–water partition coefficient (Wildman–Crippen LogP) is 4.91. The first-order valence-corrected chi connectivity index (χ1v) is 10.2. The van der Waals surface area contributed by atoms with Gasteiger partial charge in [0.05, 0.1) is 5.02 Å². The van der Waals surface area contributed by atoms with Gasteiger partial charge in [-0.25, -0.2) is 18.0 Å². The maximum absolute atomic E-state index is 14.5. The van der Waals surface area contributed by atoms with Crippen molar-refractivity contribution in [3.8, 4) is 17.4 Å². The van der Waals surface area contributed by atoms with E-state index in [-0.39, 0.29) is 34.9 Å². The fourth-order valence-corrected chi connectivity index (χ4v) is 3.56. The Kier molecular flexibility index (Phi) is 6.01. The third-order valence-electron chi connectivity index (χ3n) is 5.31. The van der Waals surface area contributed by atoms with Crippen LogP contribution in [-0.2, 0) is 13.2 Å². The van der Waals surface area contributed by atoms with Crippen LogP contribution in [0, 0.1) is 17.5 Å². The van der Waals surface area contributed by atoms with Crippen LogP contribution in [0.2, 0.25) is 5.02 Å². The molecule has 0 radical (unpaired) electrons. The van der Waals surface area contributed by atoms with Gasteiger partial charge in [-0.2, -0.15) is 4.98 Å². The molecule has 1 aromatic heterocycles. The van der Waals surface area contributed by atoms with Gasteiger partial charge in [-0.15, -0.1) is 0 Å². The van der Waals surface area contributed by atoms with Crippen LogP contribution in [0.1, 0.15) is 18.9 Å². The van der Waals surface area contributed by atoms with Crippen molar-refractivity contribution in [2.24, 2.45) is 0 Å². The molecule has 0 saturated heterocycles. The molecule has 0 spiro atoms. The number of aromatic nitrogens is 2. The molecule has 0 amide bonds. The van der Waals surface area contributed by atoms with Crippen molar-refractivity contribution < 1.29 is 22.6 Å². The molecule has 1 atom stereocenters. The summed E-state index contributed by atoms with van der Waals surface area (Å²) >= 11 is 5.66. The summed E-state index contributed by atoms with van der Waals surface area (Å²) in [7, 11) is 1.87. The molecule has 2 heterocycles. The Morgan fingerprint density at radius 1 is 1.12 bits per heavy atom. The van der Waals surface area contributed by atoms with Crippen molar-refractivity contribution in [1.29, 1.82) is 0 Å². The van der Waals surface area contributed by atoms with Crippen LogP contribution in [0.3, 0.4) is 0 Å². The molecule has 4 rings (SSSR count). The minimum atomic E-state index is -0.976. The molecule has 1 aliphatic rings. The van der Waals surface area contributed by atoms with Gasteiger partial charge in [0.1, 0.15) is 24.0 Å². The Balaban J connectivity index is 1.52. The Labute approximate surface area is 186 Å². The van der Waals surface area contributed by atoms with Crippen LogP contribution in [0.15, 0.2) is 41.2 Å². The third-order valence-corrected chi connectivity index (χ3v) is 5.60. The van der Waals surface area contributed by atoms with Crippen LogP contribution in [0.25, 0.3) is 0 Å². The quantitative estimate of drug-likeness (QED) is 0.535. The van der Waals surface area contributed by atoms with Crippen molar-refractivity contribution in [2.45, 2.75) is 32.5 Å². The molecule has 3 aromatic rings. The van der Waals surface area contributed by atoms with Gasteiger partial charge in [0, 0.05) is 31.8 Å². The second-order valence-electron chi connectivity index (χ2n) is 7.49. The van der Waals surface area contributed by atoms with E-state index in [0.29, 0.717) is 12.4 Å². The summed E-state index contributed by atoms with van der Waals surface area (Å²) in [5, 5.41) is -0.234. The van der Waals surface area contributed by atoms with Crippen molar-refractivity contribution in [1.82, 2.24) is 9.55 Å². The highest BCUT2D eigenvalue weighted by Crippen LogP contribution is 2.31. The summed E-state index contributed by atoms with van der Waals surface area (Å²) < 4.78 is 54.5. The second-order valence-corrected chi connectivity index (χ2v) is 7.90. The maximum atomic E-state index is 14.5. The van der Waals surface area contributed by atoms with E-state index in [1.165, 1.54) is 6.07 Å². The highest BCUT2D eigenvalue weighted by atomic mass is 35.5. The Bertz CT molecular complexity index is 1210. The normalized spacial score (nSPS) is 15.4. The van der Waals surface area contributed by atoms with Gasteiger partial charge in [0.25, 0.3) is 0 Å². The topological polar surface area (TPSA) is 56.6 Å². The minimum absolute atomic E-state index is 0.0183. The first-order valence-electron chi connectivity index (χ1n) is 9.81. The van der Waals surface area contributed by atoms with Crippen molar-refractivity contribution in [3.63, 3.8) is 0 Å². The van der Waals surface area contributed by atoms with Gasteiger partial charge in [0.2, 0.25) is 5.88 Å². The number of halogens is 4. The number of hydrogen-bond acceptors (Lipinski definition) is 5. The van der Waals surface area contributed by atoms with Crippen molar-refractivity contribution in [2.75, 3.05) is 11.9 Å². The van der Waals surface area contributed by atoms with E-state index in [2.05, 4.69) is 4.98 Å². The summed E-state index contributed by atoms with van der Waals surface area (Å²) in [5.41, 5.74) is -0.277. The standard InChI is InChI=1S/C22H19ClF3N3O3/c1-12-5-6-29-20(28(12)2)10-19(27-22(29)30)31-11-13-7-17(25)21(18(26)8-13)32-14-3-4-16(24)15(23)9-14/h3-4,7-10,12H,5-6,11H2,1-2H3. The summed E-state index contributed by atoms with van der Waals surface area (Å²) in [6, 6.07) is 7.31. The van der Waals surface area contributed by atoms with Gasteiger partial charge in [-0.3, -0.25) is 4.57 Å². The van der Waals surface area contributed by atoms with Crippen LogP contribution >= 0.6 is 11.6 Å². The molecule has 0 saturated carbocycles. The lowest BCUT2D eigenvalue weighted by atomic mass is 10.1. The van der Waals surface area contributed by atoms with E-state index >= 15 is 0 Å². The molecular weight excluding hydrogens is 447 g/mol. The lowest BCUT2D eigenvalue weighted by Gasteiger charge is -2.34. The molecule has 2 aromatic carbocycles. The molecule has 6 nitrogen and oxygen atoms in total. The monoisotopic (exact) mass is 465 g/mol. The number of hydrogen-bond donors (Lipinski definition) is 0. The zero-order valence-corrected chi connectivity index (χ0v) is 18.0. The van der Waals surface area contributed by atoms with Crippen molar-refractivity contribution in [3.05, 3.63) is 74.9 Å². The number of benzene rings is 2. The van der Waals surface area contributed by atoms with E-state index < -0.39 is 28.9 Å². The van der Waals surface area contributed by atoms with Gasteiger partial charge in [-0.05, 0) is 43.2 Å². The molecule has 0 aliphatic carbocycles. The highest BCUT2D eigenvalue weighted by molar-refractivity contribution is 6.30. The number of ether oxygens (including phenoxy) is 2. The average molecular weight is 466 g/mol. The molecule has 10 heteroatoms. The molecule has 32 heavy (non-hydrogen) atoms. The first-order chi connectivity index (χ1) is 15.2. The number of anilines is 1. The summed E-state index contributed by atoms with van der Waals surface area (Å²) in [5.74, 6) is -2.58. The van der Waals surface area contributed by atoms with Crippen molar-refractivity contribution >= 4 is 17.4 Å². The zero-order chi connectivity index (χ0) is 23.0. The summed E-state index contributed by atoms with van der Waals surface area (Å²) in [6.45, 7) is 2.39. The van der Waals surface area contributed by atoms with E-state index in [1.807, 2.05) is 18.9 Å². The largest absolute Gasteiger partial charge is 0.473 e. The molecule has 1 unspecified atom stereocenters. The van der Waals surface area contributed by atoms with Gasteiger partial charge < -0.3 is 14.4 Å². The van der Waals surface area contributed by atoms with Gasteiger partial charge >= 0.3 is 5.69 Å². The lowest BCUT2D eigenvalue weighted by Crippen LogP contribution is -2.41. The molecular formula is C22H19ClF3N3O3. The number of fused-ring (bicyclic) bond motifs is 1. The Morgan fingerprint density at radius 3 is 2.53 bits per heavy atom. The first kappa shape index (κ1) is 22.0. The summed E-state index contributed by atoms with van der Waals surface area (Å²) in [6.07, 6.45) is 0.822. The van der Waals surface area contributed by atoms with E-state index in [1.54, 1.807) is 10.6 Å². The van der Waals surface area contributed by atoms with Crippen LogP contribution in [0.5, 0.6) is 17.4 Å². The molecule has 0 fully saturated rings. The third kappa shape index (κ3) is 4.38. The number of nitrogens with zero attached hydrogens (tertiary/aromatic N) is 3. The highest BCUT2D eigenvalue weighted by Gasteiger charge is 2.22. The average Bonchev–Trinajstić information content (AvgIpc) is 2.74. The Morgan fingerprint density at radius 2 is 1.84 bits per heavy atom. The maximum Gasteiger partial charge on any atom is 0.352 e. The molecule has 0 N–H and O–H groups in total. The number of rotatable bonds is 5. The predicted molar refractivity (Wildman–Crippen MR) is 113 cm³/mol. The van der Waals surface area contributed by atoms with Crippen LogP contribution in [0.4, 0.5) is 19.0 Å². The smallest absolute Gasteiger partial charge is 0.352 e. The molecule has 1 aliphatic heterocycles. The fourth-order valence-electron chi connectivity index (χ4n) is 3.39. The fraction of sp³-hybridized carbons (Fsp3) is 0.273. The van der Waals surface area contributed by atoms with Gasteiger partial charge in [-0.1, -0.05) is 11.6 Å². The zero-order valence-electron chi connectivity index (χ0n) is 17.2. The second kappa shape index (κ2) is 8.74. The van der Waals surface area contributed by atoms with Crippen LogP contribution in [-0.4, -0.2) is 22.6 Å². The van der Waals surface area contributed by atoms with E-state index in [0.717, 1.165) is 30.7 Å². The summed E-state index contributed by atoms with van der Waals surface area (Å²) in [4.78, 5) is 18.1. The van der Waals surface area contributed by atoms with E-state index in [4.69, 9.17) is 21.1 Å². The van der Waals surface area contributed by atoms with E-state index in [9.17, 15) is 18.0 Å². The van der Waals surface area contributed by atoms with Gasteiger partial charge in [0.15, 0.2) is 17.4 Å². The van der Waals surface area contributed by atoms with Crippen LogP contribution < -0.4 is 20.1 Å². The molecule has 0 bridgehead atoms. The molecule has 168 valence electrons. The minimum Gasteiger partial charge on any atom is -0.473 e. The SMILES string of the molecule is CC1CCn2c(cc(OCc3cc(F)c(Oc4ccc(F)c(Cl)c4)c(F)c3)nc2=O)N1C. The Hall–Kier alpha value is -3.20. The lowest BCUT2D eigenvalue weighted by molar-refractivity contribution is 0.287.